The Morgan fingerprint density at radius 2 is 1.95 bits per heavy atom. The van der Waals surface area contributed by atoms with Crippen LogP contribution < -0.4 is 0 Å². The fraction of sp³-hybridized carbons (Fsp3) is 0.667. The van der Waals surface area contributed by atoms with Crippen LogP contribution in [-0.4, -0.2) is 66.9 Å². The van der Waals surface area contributed by atoms with Crippen molar-refractivity contribution in [2.45, 2.75) is 31.2 Å². The topological polar surface area (TPSA) is 35.9 Å². The molecular formula is C18H26N2O2. The zero-order valence-corrected chi connectivity index (χ0v) is 13.2. The van der Waals surface area contributed by atoms with Gasteiger partial charge in [-0.3, -0.25) is 9.80 Å². The first-order valence-corrected chi connectivity index (χ1v) is 8.68. The molecule has 2 heterocycles. The van der Waals surface area contributed by atoms with Gasteiger partial charge in [0.05, 0.1) is 13.2 Å². The van der Waals surface area contributed by atoms with Crippen molar-refractivity contribution in [3.63, 3.8) is 0 Å². The second kappa shape index (κ2) is 6.19. The number of phenolic OH excluding ortho intramolecular Hbond substituents is 1. The van der Waals surface area contributed by atoms with Gasteiger partial charge in [-0.2, -0.15) is 0 Å². The van der Waals surface area contributed by atoms with Gasteiger partial charge in [0.25, 0.3) is 0 Å². The Hall–Kier alpha value is -1.10. The molecule has 1 N–H and O–H groups in total. The molecule has 0 bridgehead atoms. The number of hydrogen-bond donors (Lipinski definition) is 1. The second-order valence-electron chi connectivity index (χ2n) is 6.84. The van der Waals surface area contributed by atoms with Crippen LogP contribution in [0.2, 0.25) is 0 Å². The van der Waals surface area contributed by atoms with E-state index in [-0.39, 0.29) is 0 Å². The minimum Gasteiger partial charge on any atom is -0.508 e. The minimum absolute atomic E-state index is 0.503. The summed E-state index contributed by atoms with van der Waals surface area (Å²) in [4.78, 5) is 5.21. The number of benzene rings is 1. The van der Waals surface area contributed by atoms with Crippen LogP contribution >= 0.6 is 0 Å². The highest BCUT2D eigenvalue weighted by atomic mass is 16.5. The first-order chi connectivity index (χ1) is 10.8. The van der Waals surface area contributed by atoms with E-state index in [1.807, 2.05) is 12.1 Å². The zero-order chi connectivity index (χ0) is 14.9. The van der Waals surface area contributed by atoms with Gasteiger partial charge in [0.2, 0.25) is 0 Å². The third kappa shape index (κ3) is 2.64. The monoisotopic (exact) mass is 302 g/mol. The molecule has 1 aromatic rings. The summed E-state index contributed by atoms with van der Waals surface area (Å²) >= 11 is 0. The molecule has 0 spiro atoms. The van der Waals surface area contributed by atoms with Crippen molar-refractivity contribution in [1.29, 1.82) is 0 Å². The lowest BCUT2D eigenvalue weighted by Crippen LogP contribution is -2.43. The summed E-state index contributed by atoms with van der Waals surface area (Å²) in [6, 6.07) is 6.75. The van der Waals surface area contributed by atoms with E-state index in [1.165, 1.54) is 43.6 Å². The summed E-state index contributed by atoms with van der Waals surface area (Å²) in [6.07, 6.45) is 3.46. The molecule has 4 heteroatoms. The van der Waals surface area contributed by atoms with Crippen LogP contribution in [0.5, 0.6) is 5.75 Å². The first-order valence-electron chi connectivity index (χ1n) is 8.68. The molecule has 2 atom stereocenters. The van der Waals surface area contributed by atoms with Gasteiger partial charge in [-0.05, 0) is 43.0 Å². The quantitative estimate of drug-likeness (QED) is 0.924. The van der Waals surface area contributed by atoms with Crippen molar-refractivity contribution in [3.05, 3.63) is 29.3 Å². The van der Waals surface area contributed by atoms with E-state index < -0.39 is 0 Å². The SMILES string of the molecule is Oc1cccc2c1CC[C@@H]1[C@H]2CCN1CCN1CCOCC1. The van der Waals surface area contributed by atoms with Gasteiger partial charge < -0.3 is 9.84 Å². The lowest BCUT2D eigenvalue weighted by molar-refractivity contribution is 0.0322. The fourth-order valence-electron chi connectivity index (χ4n) is 4.54. The van der Waals surface area contributed by atoms with Crippen LogP contribution in [0.4, 0.5) is 0 Å². The van der Waals surface area contributed by atoms with Crippen molar-refractivity contribution in [2.75, 3.05) is 45.9 Å². The molecule has 120 valence electrons. The van der Waals surface area contributed by atoms with E-state index >= 15 is 0 Å². The molecule has 0 amide bonds. The van der Waals surface area contributed by atoms with Crippen LogP contribution in [0.1, 0.15) is 29.9 Å². The second-order valence-corrected chi connectivity index (χ2v) is 6.84. The van der Waals surface area contributed by atoms with E-state index in [9.17, 15) is 5.11 Å². The van der Waals surface area contributed by atoms with Crippen LogP contribution in [0, 0.1) is 0 Å². The first kappa shape index (κ1) is 14.5. The van der Waals surface area contributed by atoms with E-state index in [2.05, 4.69) is 15.9 Å². The predicted octanol–water partition coefficient (Wildman–Crippen LogP) is 1.83. The molecular weight excluding hydrogens is 276 g/mol. The average molecular weight is 302 g/mol. The number of fused-ring (bicyclic) bond motifs is 3. The van der Waals surface area contributed by atoms with Gasteiger partial charge in [-0.25, -0.2) is 0 Å². The molecule has 22 heavy (non-hydrogen) atoms. The van der Waals surface area contributed by atoms with Gasteiger partial charge in [0.15, 0.2) is 0 Å². The Labute approximate surface area is 132 Å². The Kier molecular flexibility index (Phi) is 4.07. The van der Waals surface area contributed by atoms with Gasteiger partial charge in [-0.15, -0.1) is 0 Å². The van der Waals surface area contributed by atoms with Crippen molar-refractivity contribution in [2.24, 2.45) is 0 Å². The molecule has 2 saturated heterocycles. The van der Waals surface area contributed by atoms with Crippen molar-refractivity contribution < 1.29 is 9.84 Å². The molecule has 1 aliphatic carbocycles. The molecule has 0 unspecified atom stereocenters. The number of morpholine rings is 1. The Morgan fingerprint density at radius 3 is 2.82 bits per heavy atom. The summed E-state index contributed by atoms with van der Waals surface area (Å²) in [5.41, 5.74) is 2.61. The summed E-state index contributed by atoms with van der Waals surface area (Å²) in [6.45, 7) is 7.48. The molecule has 0 aromatic heterocycles. The number of ether oxygens (including phenoxy) is 1. The van der Waals surface area contributed by atoms with Crippen LogP contribution in [0.3, 0.4) is 0 Å². The molecule has 1 aromatic carbocycles. The number of aromatic hydroxyl groups is 1. The molecule has 4 nitrogen and oxygen atoms in total. The van der Waals surface area contributed by atoms with E-state index in [0.29, 0.717) is 17.7 Å². The smallest absolute Gasteiger partial charge is 0.119 e. The highest BCUT2D eigenvalue weighted by molar-refractivity contribution is 5.44. The average Bonchev–Trinajstić information content (AvgIpc) is 2.98. The normalized spacial score (nSPS) is 29.3. The number of nitrogens with zero attached hydrogens (tertiary/aromatic N) is 2. The van der Waals surface area contributed by atoms with E-state index in [0.717, 1.165) is 32.7 Å². The summed E-state index contributed by atoms with van der Waals surface area (Å²) in [5.74, 6) is 1.13. The van der Waals surface area contributed by atoms with Gasteiger partial charge >= 0.3 is 0 Å². The molecule has 2 fully saturated rings. The van der Waals surface area contributed by atoms with Crippen molar-refractivity contribution in [3.8, 4) is 5.75 Å². The predicted molar refractivity (Wildman–Crippen MR) is 86.4 cm³/mol. The number of likely N-dealkylation sites (tertiary alicyclic amines) is 1. The van der Waals surface area contributed by atoms with E-state index in [1.54, 1.807) is 0 Å². The van der Waals surface area contributed by atoms with Crippen molar-refractivity contribution in [1.82, 2.24) is 9.80 Å². The molecule has 2 aliphatic heterocycles. The highest BCUT2D eigenvalue weighted by Gasteiger charge is 2.39. The van der Waals surface area contributed by atoms with Gasteiger partial charge in [0, 0.05) is 38.1 Å². The summed E-state index contributed by atoms with van der Waals surface area (Å²) in [5, 5.41) is 10.1. The Bertz CT molecular complexity index is 528. The van der Waals surface area contributed by atoms with Crippen molar-refractivity contribution >= 4 is 0 Å². The maximum absolute atomic E-state index is 10.1. The maximum atomic E-state index is 10.1. The number of rotatable bonds is 3. The maximum Gasteiger partial charge on any atom is 0.119 e. The third-order valence-corrected chi connectivity index (χ3v) is 5.75. The lowest BCUT2D eigenvalue weighted by atomic mass is 9.79. The van der Waals surface area contributed by atoms with Crippen LogP contribution in [0.15, 0.2) is 18.2 Å². The fourth-order valence-corrected chi connectivity index (χ4v) is 4.54. The zero-order valence-electron chi connectivity index (χ0n) is 13.2. The Morgan fingerprint density at radius 1 is 1.09 bits per heavy atom. The summed E-state index contributed by atoms with van der Waals surface area (Å²) in [7, 11) is 0. The standard InChI is InChI=1S/C18H26N2O2/c21-18-3-1-2-14-15-6-7-20(17(15)5-4-16(14)18)9-8-19-10-12-22-13-11-19/h1-3,15,17,21H,4-13H2/t15-,17+/m0/s1. The number of hydrogen-bond acceptors (Lipinski definition) is 4. The van der Waals surface area contributed by atoms with Crippen LogP contribution in [-0.2, 0) is 11.2 Å². The van der Waals surface area contributed by atoms with Crippen LogP contribution in [0.25, 0.3) is 0 Å². The molecule has 0 saturated carbocycles. The van der Waals surface area contributed by atoms with Gasteiger partial charge in [-0.1, -0.05) is 12.1 Å². The summed E-state index contributed by atoms with van der Waals surface area (Å²) < 4.78 is 5.43. The third-order valence-electron chi connectivity index (χ3n) is 5.75. The largest absolute Gasteiger partial charge is 0.508 e. The molecule has 3 aliphatic rings. The lowest BCUT2D eigenvalue weighted by Gasteiger charge is -2.35. The van der Waals surface area contributed by atoms with Gasteiger partial charge in [0.1, 0.15) is 5.75 Å². The molecule has 0 radical (unpaired) electrons. The van der Waals surface area contributed by atoms with E-state index in [4.69, 9.17) is 4.74 Å². The Balaban J connectivity index is 1.42. The number of phenols is 1. The molecule has 4 rings (SSSR count). The minimum atomic E-state index is 0.503. The highest BCUT2D eigenvalue weighted by Crippen LogP contribution is 2.43.